The molecule has 0 aliphatic heterocycles. The van der Waals surface area contributed by atoms with Crippen LogP contribution in [0.5, 0.6) is 0 Å². The summed E-state index contributed by atoms with van der Waals surface area (Å²) >= 11 is 0. The van der Waals surface area contributed by atoms with Gasteiger partial charge in [-0.1, -0.05) is 42.5 Å². The molecule has 1 aliphatic carbocycles. The lowest BCUT2D eigenvalue weighted by Gasteiger charge is -2.20. The first-order valence-electron chi connectivity index (χ1n) is 8.44. The number of carbonyl (C=O) groups is 1. The highest BCUT2D eigenvalue weighted by molar-refractivity contribution is 5.85. The van der Waals surface area contributed by atoms with Crippen LogP contribution in [0.3, 0.4) is 0 Å². The summed E-state index contributed by atoms with van der Waals surface area (Å²) in [6.45, 7) is 1.52. The lowest BCUT2D eigenvalue weighted by Crippen LogP contribution is -2.27. The summed E-state index contributed by atoms with van der Waals surface area (Å²) in [5.74, 6) is 0.189. The number of hydrogen-bond acceptors (Lipinski definition) is 3. The van der Waals surface area contributed by atoms with E-state index in [9.17, 15) is 4.79 Å². The molecule has 1 aliphatic rings. The summed E-state index contributed by atoms with van der Waals surface area (Å²) < 4.78 is 0. The van der Waals surface area contributed by atoms with Gasteiger partial charge in [-0.2, -0.15) is 0 Å². The van der Waals surface area contributed by atoms with Crippen LogP contribution in [-0.2, 0) is 24.2 Å². The molecule has 0 atom stereocenters. The number of nitrogens with one attached hydrogen (secondary N) is 2. The molecule has 23 heavy (non-hydrogen) atoms. The van der Waals surface area contributed by atoms with Crippen molar-refractivity contribution in [2.45, 2.75) is 32.2 Å². The minimum Gasteiger partial charge on any atom is -0.378 e. The lowest BCUT2D eigenvalue weighted by atomic mass is 9.90. The number of fused-ring (bicyclic) bond motifs is 1. The van der Waals surface area contributed by atoms with E-state index in [2.05, 4.69) is 41.0 Å². The Morgan fingerprint density at radius 1 is 0.913 bits per heavy atom. The quantitative estimate of drug-likeness (QED) is 0.824. The molecular weight excluding hydrogens is 284 g/mol. The van der Waals surface area contributed by atoms with E-state index in [1.54, 1.807) is 0 Å². The average molecular weight is 308 g/mol. The molecule has 3 heteroatoms. The molecule has 0 fully saturated rings. The summed E-state index contributed by atoms with van der Waals surface area (Å²) in [6, 6.07) is 16.5. The van der Waals surface area contributed by atoms with Gasteiger partial charge in [-0.3, -0.25) is 4.79 Å². The third-order valence-electron chi connectivity index (χ3n) is 4.37. The Kier molecular flexibility index (Phi) is 5.43. The van der Waals surface area contributed by atoms with Crippen LogP contribution in [0.25, 0.3) is 0 Å². The van der Waals surface area contributed by atoms with E-state index in [1.807, 2.05) is 18.2 Å². The van der Waals surface area contributed by atoms with Crippen molar-refractivity contribution in [3.8, 4) is 0 Å². The maximum Gasteiger partial charge on any atom is 0.165 e. The number of hydrogen-bond donors (Lipinski definition) is 2. The number of Topliss-reactive ketones (excluding diaryl/α,β-unsaturated/α-hetero) is 1. The van der Waals surface area contributed by atoms with Crippen LogP contribution in [0.1, 0.15) is 29.5 Å². The van der Waals surface area contributed by atoms with Crippen molar-refractivity contribution in [1.82, 2.24) is 5.32 Å². The second kappa shape index (κ2) is 7.93. The zero-order chi connectivity index (χ0) is 15.9. The molecule has 2 aromatic rings. The molecule has 0 radical (unpaired) electrons. The van der Waals surface area contributed by atoms with Gasteiger partial charge in [0.2, 0.25) is 0 Å². The van der Waals surface area contributed by atoms with Crippen LogP contribution in [-0.4, -0.2) is 18.9 Å². The SMILES string of the molecule is O=C(CNCc1ccccc1)CNc1cccc2c1CCCC2. The van der Waals surface area contributed by atoms with Gasteiger partial charge in [0.1, 0.15) is 0 Å². The summed E-state index contributed by atoms with van der Waals surface area (Å²) in [7, 11) is 0. The van der Waals surface area contributed by atoms with Crippen molar-refractivity contribution >= 4 is 11.5 Å². The molecule has 120 valence electrons. The van der Waals surface area contributed by atoms with E-state index in [0.29, 0.717) is 13.1 Å². The normalized spacial score (nSPS) is 13.4. The van der Waals surface area contributed by atoms with Gasteiger partial charge in [-0.05, 0) is 48.4 Å². The molecule has 3 nitrogen and oxygen atoms in total. The van der Waals surface area contributed by atoms with Crippen LogP contribution in [0.2, 0.25) is 0 Å². The topological polar surface area (TPSA) is 41.1 Å². The fourth-order valence-corrected chi connectivity index (χ4v) is 3.15. The first kappa shape index (κ1) is 15.8. The maximum atomic E-state index is 12.0. The third-order valence-corrected chi connectivity index (χ3v) is 4.37. The minimum atomic E-state index is 0.189. The molecule has 2 aromatic carbocycles. The van der Waals surface area contributed by atoms with Gasteiger partial charge >= 0.3 is 0 Å². The van der Waals surface area contributed by atoms with Crippen LogP contribution >= 0.6 is 0 Å². The van der Waals surface area contributed by atoms with Gasteiger partial charge in [-0.25, -0.2) is 0 Å². The smallest absolute Gasteiger partial charge is 0.165 e. The molecule has 2 N–H and O–H groups in total. The van der Waals surface area contributed by atoms with Gasteiger partial charge in [0.05, 0.1) is 13.1 Å². The third kappa shape index (κ3) is 4.42. The summed E-state index contributed by atoms with van der Waals surface area (Å²) in [5.41, 5.74) is 5.18. The van der Waals surface area contributed by atoms with E-state index in [-0.39, 0.29) is 5.78 Å². The van der Waals surface area contributed by atoms with Gasteiger partial charge < -0.3 is 10.6 Å². The van der Waals surface area contributed by atoms with E-state index in [0.717, 1.165) is 25.1 Å². The van der Waals surface area contributed by atoms with Crippen molar-refractivity contribution < 1.29 is 4.79 Å². The van der Waals surface area contributed by atoms with Gasteiger partial charge in [-0.15, -0.1) is 0 Å². The Morgan fingerprint density at radius 3 is 2.61 bits per heavy atom. The van der Waals surface area contributed by atoms with Crippen molar-refractivity contribution in [3.63, 3.8) is 0 Å². The van der Waals surface area contributed by atoms with E-state index < -0.39 is 0 Å². The number of benzene rings is 2. The van der Waals surface area contributed by atoms with Gasteiger partial charge in [0.25, 0.3) is 0 Å². The Labute approximate surface area is 138 Å². The van der Waals surface area contributed by atoms with Crippen molar-refractivity contribution in [1.29, 1.82) is 0 Å². The number of carbonyl (C=O) groups excluding carboxylic acids is 1. The lowest BCUT2D eigenvalue weighted by molar-refractivity contribution is -0.116. The molecule has 0 bridgehead atoms. The van der Waals surface area contributed by atoms with E-state index in [4.69, 9.17) is 0 Å². The predicted molar refractivity (Wildman–Crippen MR) is 94.7 cm³/mol. The fourth-order valence-electron chi connectivity index (χ4n) is 3.15. The molecule has 3 rings (SSSR count). The van der Waals surface area contributed by atoms with Crippen LogP contribution < -0.4 is 10.6 Å². The monoisotopic (exact) mass is 308 g/mol. The Bertz CT molecular complexity index is 652. The summed E-state index contributed by atoms with van der Waals surface area (Å²) in [4.78, 5) is 12.0. The second-order valence-electron chi connectivity index (χ2n) is 6.13. The largest absolute Gasteiger partial charge is 0.378 e. The first-order chi connectivity index (χ1) is 11.3. The number of anilines is 1. The molecule has 0 aromatic heterocycles. The Hall–Kier alpha value is -2.13. The van der Waals surface area contributed by atoms with Crippen LogP contribution in [0, 0.1) is 0 Å². The molecule has 0 spiro atoms. The van der Waals surface area contributed by atoms with E-state index >= 15 is 0 Å². The van der Waals surface area contributed by atoms with Gasteiger partial charge in [0.15, 0.2) is 5.78 Å². The number of aryl methyl sites for hydroxylation is 1. The second-order valence-corrected chi connectivity index (χ2v) is 6.13. The van der Waals surface area contributed by atoms with Crippen LogP contribution in [0.4, 0.5) is 5.69 Å². The van der Waals surface area contributed by atoms with Gasteiger partial charge in [0, 0.05) is 12.2 Å². The maximum absolute atomic E-state index is 12.0. The number of ketones is 1. The molecular formula is C20H24N2O. The zero-order valence-corrected chi connectivity index (χ0v) is 13.5. The van der Waals surface area contributed by atoms with Crippen molar-refractivity contribution in [2.24, 2.45) is 0 Å². The highest BCUT2D eigenvalue weighted by Gasteiger charge is 2.13. The van der Waals surface area contributed by atoms with E-state index in [1.165, 1.54) is 29.5 Å². The average Bonchev–Trinajstić information content (AvgIpc) is 2.61. The Morgan fingerprint density at radius 2 is 1.74 bits per heavy atom. The minimum absolute atomic E-state index is 0.189. The van der Waals surface area contributed by atoms with Crippen molar-refractivity contribution in [2.75, 3.05) is 18.4 Å². The predicted octanol–water partition coefficient (Wildman–Crippen LogP) is 3.34. The summed E-state index contributed by atoms with van der Waals surface area (Å²) in [5, 5.41) is 6.54. The zero-order valence-electron chi connectivity index (χ0n) is 13.5. The number of rotatable bonds is 7. The molecule has 0 amide bonds. The highest BCUT2D eigenvalue weighted by atomic mass is 16.1. The fraction of sp³-hybridized carbons (Fsp3) is 0.350. The van der Waals surface area contributed by atoms with Crippen LogP contribution in [0.15, 0.2) is 48.5 Å². The molecule has 0 saturated heterocycles. The first-order valence-corrected chi connectivity index (χ1v) is 8.44. The van der Waals surface area contributed by atoms with Crippen molar-refractivity contribution in [3.05, 3.63) is 65.2 Å². The molecule has 0 unspecified atom stereocenters. The standard InChI is InChI=1S/C20H24N2O/c23-18(14-21-13-16-7-2-1-3-8-16)15-22-20-12-6-10-17-9-4-5-11-19(17)20/h1-3,6-8,10,12,21-22H,4-5,9,11,13-15H2. The Balaban J connectivity index is 1.46. The highest BCUT2D eigenvalue weighted by Crippen LogP contribution is 2.27. The molecule has 0 saturated carbocycles. The molecule has 0 heterocycles. The summed E-state index contributed by atoms with van der Waals surface area (Å²) in [6.07, 6.45) is 4.81.